The number of piperazine rings is 1. The lowest BCUT2D eigenvalue weighted by Crippen LogP contribution is -2.52. The Morgan fingerprint density at radius 2 is 1.83 bits per heavy atom. The minimum absolute atomic E-state index is 0. The Morgan fingerprint density at radius 3 is 2.41 bits per heavy atom. The molecular formula is C19H30F4IN5. The highest BCUT2D eigenvalue weighted by molar-refractivity contribution is 14.0. The zero-order chi connectivity index (χ0) is 20.7. The van der Waals surface area contributed by atoms with Crippen LogP contribution >= 0.6 is 24.0 Å². The Labute approximate surface area is 186 Å². The van der Waals surface area contributed by atoms with Gasteiger partial charge in [0.15, 0.2) is 5.96 Å². The molecule has 0 aliphatic carbocycles. The third kappa shape index (κ3) is 8.25. The van der Waals surface area contributed by atoms with Gasteiger partial charge in [0.05, 0.1) is 12.1 Å². The topological polar surface area (TPSA) is 42.9 Å². The Morgan fingerprint density at radius 1 is 1.17 bits per heavy atom. The van der Waals surface area contributed by atoms with Crippen molar-refractivity contribution in [2.45, 2.75) is 32.6 Å². The molecular weight excluding hydrogens is 501 g/mol. The minimum Gasteiger partial charge on any atom is -0.357 e. The standard InChI is InChI=1S/C19H29F4N5.HI/c1-4-24-18(25-12-14(2)28-9-7-27(3)8-10-28)26-13-15-5-6-16(20)11-17(15)19(21,22)23;/h5-6,11,14H,4,7-10,12-13H2,1-3H3,(H2,24,25,26);1H. The van der Waals surface area contributed by atoms with Crippen molar-refractivity contribution < 1.29 is 17.6 Å². The number of benzene rings is 1. The normalized spacial score (nSPS) is 17.6. The average Bonchev–Trinajstić information content (AvgIpc) is 2.64. The first kappa shape index (κ1) is 25.9. The van der Waals surface area contributed by atoms with Crippen LogP contribution in [0.1, 0.15) is 25.0 Å². The van der Waals surface area contributed by atoms with E-state index < -0.39 is 17.6 Å². The van der Waals surface area contributed by atoms with E-state index in [0.29, 0.717) is 25.1 Å². The number of hydrogen-bond donors (Lipinski definition) is 2. The maximum absolute atomic E-state index is 13.2. The van der Waals surface area contributed by atoms with Gasteiger partial charge in [0, 0.05) is 45.3 Å². The summed E-state index contributed by atoms with van der Waals surface area (Å²) >= 11 is 0. The highest BCUT2D eigenvalue weighted by atomic mass is 127. The van der Waals surface area contributed by atoms with Gasteiger partial charge in [-0.1, -0.05) is 6.07 Å². The number of nitrogens with one attached hydrogen (secondary N) is 2. The molecule has 0 aromatic heterocycles. The average molecular weight is 531 g/mol. The van der Waals surface area contributed by atoms with Crippen molar-refractivity contribution in [3.63, 3.8) is 0 Å². The van der Waals surface area contributed by atoms with Gasteiger partial charge < -0.3 is 15.5 Å². The zero-order valence-corrected chi connectivity index (χ0v) is 19.4. The van der Waals surface area contributed by atoms with E-state index in [1.807, 2.05) is 6.92 Å². The fraction of sp³-hybridized carbons (Fsp3) is 0.632. The number of hydrogen-bond acceptors (Lipinski definition) is 3. The molecule has 1 aromatic carbocycles. The molecule has 0 amide bonds. The molecule has 0 bridgehead atoms. The van der Waals surface area contributed by atoms with Crippen LogP contribution in [0.4, 0.5) is 17.6 Å². The van der Waals surface area contributed by atoms with Crippen LogP contribution in [-0.2, 0) is 12.7 Å². The number of alkyl halides is 3. The van der Waals surface area contributed by atoms with Gasteiger partial charge >= 0.3 is 6.18 Å². The van der Waals surface area contributed by atoms with Gasteiger partial charge in [0.2, 0.25) is 0 Å². The number of aliphatic imine (C=N–C) groups is 1. The van der Waals surface area contributed by atoms with Gasteiger partial charge in [-0.15, -0.1) is 24.0 Å². The van der Waals surface area contributed by atoms with Crippen LogP contribution in [0.2, 0.25) is 0 Å². The first-order chi connectivity index (χ1) is 13.2. The van der Waals surface area contributed by atoms with Crippen molar-refractivity contribution in [3.05, 3.63) is 35.1 Å². The van der Waals surface area contributed by atoms with Crippen LogP contribution < -0.4 is 10.6 Å². The van der Waals surface area contributed by atoms with E-state index in [9.17, 15) is 17.6 Å². The molecule has 1 heterocycles. The van der Waals surface area contributed by atoms with Gasteiger partial charge in [-0.05, 0) is 38.6 Å². The summed E-state index contributed by atoms with van der Waals surface area (Å²) in [6, 6.07) is 2.95. The van der Waals surface area contributed by atoms with Crippen LogP contribution in [0.15, 0.2) is 23.2 Å². The Bertz CT molecular complexity index is 660. The number of likely N-dealkylation sites (N-methyl/N-ethyl adjacent to an activating group) is 1. The largest absolute Gasteiger partial charge is 0.416 e. The Hall–Kier alpha value is -1.14. The number of nitrogens with zero attached hydrogens (tertiary/aromatic N) is 3. The van der Waals surface area contributed by atoms with Crippen molar-refractivity contribution in [1.29, 1.82) is 0 Å². The Balaban J connectivity index is 0.00000420. The lowest BCUT2D eigenvalue weighted by molar-refractivity contribution is -0.138. The van der Waals surface area contributed by atoms with E-state index in [1.54, 1.807) is 0 Å². The minimum atomic E-state index is -4.62. The molecule has 2 rings (SSSR count). The van der Waals surface area contributed by atoms with Gasteiger partial charge in [-0.2, -0.15) is 13.2 Å². The smallest absolute Gasteiger partial charge is 0.357 e. The molecule has 1 aliphatic heterocycles. The second-order valence-electron chi connectivity index (χ2n) is 7.06. The van der Waals surface area contributed by atoms with Gasteiger partial charge in [0.25, 0.3) is 0 Å². The maximum atomic E-state index is 13.2. The van der Waals surface area contributed by atoms with Crippen molar-refractivity contribution in [3.8, 4) is 0 Å². The van der Waals surface area contributed by atoms with Crippen molar-refractivity contribution in [1.82, 2.24) is 20.4 Å². The molecule has 0 saturated carbocycles. The van der Waals surface area contributed by atoms with E-state index in [4.69, 9.17) is 0 Å². The monoisotopic (exact) mass is 531 g/mol. The molecule has 1 unspecified atom stereocenters. The molecule has 2 N–H and O–H groups in total. The third-order valence-electron chi connectivity index (χ3n) is 4.86. The van der Waals surface area contributed by atoms with Crippen LogP contribution in [0, 0.1) is 5.82 Å². The second-order valence-corrected chi connectivity index (χ2v) is 7.06. The fourth-order valence-corrected chi connectivity index (χ4v) is 3.09. The van der Waals surface area contributed by atoms with E-state index in [1.165, 1.54) is 0 Å². The number of guanidine groups is 1. The molecule has 166 valence electrons. The number of halogens is 5. The highest BCUT2D eigenvalue weighted by Crippen LogP contribution is 2.32. The van der Waals surface area contributed by atoms with E-state index >= 15 is 0 Å². The van der Waals surface area contributed by atoms with E-state index in [0.717, 1.165) is 38.3 Å². The predicted octanol–water partition coefficient (Wildman–Crippen LogP) is 3.15. The van der Waals surface area contributed by atoms with Gasteiger partial charge in [-0.3, -0.25) is 4.90 Å². The lowest BCUT2D eigenvalue weighted by atomic mass is 10.1. The molecule has 1 atom stereocenters. The van der Waals surface area contributed by atoms with Crippen molar-refractivity contribution in [2.75, 3.05) is 46.3 Å². The summed E-state index contributed by atoms with van der Waals surface area (Å²) in [5.74, 6) is -0.466. The fourth-order valence-electron chi connectivity index (χ4n) is 3.09. The van der Waals surface area contributed by atoms with Crippen molar-refractivity contribution in [2.24, 2.45) is 4.99 Å². The van der Waals surface area contributed by atoms with Gasteiger partial charge in [0.1, 0.15) is 5.82 Å². The van der Waals surface area contributed by atoms with Crippen LogP contribution in [0.5, 0.6) is 0 Å². The molecule has 1 fully saturated rings. The quantitative estimate of drug-likeness (QED) is 0.256. The molecule has 0 radical (unpaired) electrons. The summed E-state index contributed by atoms with van der Waals surface area (Å²) in [7, 11) is 2.10. The van der Waals surface area contributed by atoms with E-state index in [2.05, 4.69) is 39.4 Å². The summed E-state index contributed by atoms with van der Waals surface area (Å²) in [5, 5.41) is 6.24. The first-order valence-electron chi connectivity index (χ1n) is 9.51. The lowest BCUT2D eigenvalue weighted by Gasteiger charge is -2.36. The summed E-state index contributed by atoms with van der Waals surface area (Å²) < 4.78 is 52.6. The van der Waals surface area contributed by atoms with Crippen LogP contribution in [-0.4, -0.2) is 68.1 Å². The summed E-state index contributed by atoms with van der Waals surface area (Å²) in [5.41, 5.74) is -1.05. The Kier molecular flexibility index (Phi) is 10.6. The highest BCUT2D eigenvalue weighted by Gasteiger charge is 2.33. The first-order valence-corrected chi connectivity index (χ1v) is 9.51. The number of rotatable bonds is 6. The maximum Gasteiger partial charge on any atom is 0.416 e. The summed E-state index contributed by atoms with van der Waals surface area (Å²) in [6.07, 6.45) is -4.62. The summed E-state index contributed by atoms with van der Waals surface area (Å²) in [6.45, 7) is 9.04. The SMILES string of the molecule is CCNC(=NCc1ccc(F)cc1C(F)(F)F)NCC(C)N1CCN(C)CC1.I. The van der Waals surface area contributed by atoms with Crippen LogP contribution in [0.3, 0.4) is 0 Å². The van der Waals surface area contributed by atoms with Crippen LogP contribution in [0.25, 0.3) is 0 Å². The molecule has 29 heavy (non-hydrogen) atoms. The second kappa shape index (κ2) is 11.9. The molecule has 1 aliphatic rings. The molecule has 1 saturated heterocycles. The molecule has 10 heteroatoms. The van der Waals surface area contributed by atoms with Crippen molar-refractivity contribution >= 4 is 29.9 Å². The zero-order valence-electron chi connectivity index (χ0n) is 17.0. The predicted molar refractivity (Wildman–Crippen MR) is 118 cm³/mol. The molecule has 1 aromatic rings. The molecule has 5 nitrogen and oxygen atoms in total. The summed E-state index contributed by atoms with van der Waals surface area (Å²) in [4.78, 5) is 8.92. The van der Waals surface area contributed by atoms with E-state index in [-0.39, 0.29) is 42.1 Å². The molecule has 0 spiro atoms. The third-order valence-corrected chi connectivity index (χ3v) is 4.86. The van der Waals surface area contributed by atoms with Gasteiger partial charge in [-0.25, -0.2) is 9.38 Å².